The summed E-state index contributed by atoms with van der Waals surface area (Å²) < 4.78 is 5.92. The van der Waals surface area contributed by atoms with Gasteiger partial charge in [0.15, 0.2) is 0 Å². The van der Waals surface area contributed by atoms with Gasteiger partial charge in [0, 0.05) is 24.0 Å². The zero-order valence-corrected chi connectivity index (χ0v) is 24.8. The summed E-state index contributed by atoms with van der Waals surface area (Å²) in [5, 5.41) is 3.52. The smallest absolute Gasteiger partial charge is 0.256 e. The van der Waals surface area contributed by atoms with Crippen molar-refractivity contribution in [2.45, 2.75) is 97.4 Å². The van der Waals surface area contributed by atoms with Gasteiger partial charge >= 0.3 is 0 Å². The van der Waals surface area contributed by atoms with Gasteiger partial charge in [-0.2, -0.15) is 0 Å². The van der Waals surface area contributed by atoms with Crippen molar-refractivity contribution in [2.75, 3.05) is 17.8 Å². The number of hydrogen-bond acceptors (Lipinski definition) is 4. The van der Waals surface area contributed by atoms with Gasteiger partial charge in [-0.05, 0) is 48.1 Å². The second kappa shape index (κ2) is 17.5. The minimum absolute atomic E-state index is 0.130. The van der Waals surface area contributed by atoms with Crippen LogP contribution in [0.25, 0.3) is 0 Å². The molecular formula is C32H45ClN2O2S. The van der Waals surface area contributed by atoms with E-state index in [1.165, 1.54) is 75.5 Å². The first-order chi connectivity index (χ1) is 18.6. The van der Waals surface area contributed by atoms with Crippen molar-refractivity contribution in [2.24, 2.45) is 0 Å². The minimum Gasteiger partial charge on any atom is -0.492 e. The summed E-state index contributed by atoms with van der Waals surface area (Å²) in [6, 6.07) is 13.2. The number of rotatable bonds is 18. The Bertz CT molecular complexity index is 1030. The fourth-order valence-corrected chi connectivity index (χ4v) is 5.72. The Balaban J connectivity index is 1.34. The molecule has 208 valence electrons. The summed E-state index contributed by atoms with van der Waals surface area (Å²) >= 11 is 8.30. The molecule has 0 atom stereocenters. The highest BCUT2D eigenvalue weighted by Crippen LogP contribution is 2.29. The average Bonchev–Trinajstić information content (AvgIpc) is 3.32. The van der Waals surface area contributed by atoms with E-state index >= 15 is 0 Å². The third kappa shape index (κ3) is 10.9. The molecule has 2 aromatic carbocycles. The predicted molar refractivity (Wildman–Crippen MR) is 164 cm³/mol. The predicted octanol–water partition coefficient (Wildman–Crippen LogP) is 10.0. The van der Waals surface area contributed by atoms with Crippen molar-refractivity contribution >= 4 is 35.0 Å². The van der Waals surface area contributed by atoms with Crippen LogP contribution in [0.5, 0.6) is 5.75 Å². The number of nitrogens with one attached hydrogen (secondary N) is 1. The molecule has 0 aliphatic carbocycles. The van der Waals surface area contributed by atoms with Gasteiger partial charge in [0.25, 0.3) is 5.91 Å². The summed E-state index contributed by atoms with van der Waals surface area (Å²) in [7, 11) is 0. The van der Waals surface area contributed by atoms with E-state index in [1.54, 1.807) is 6.07 Å². The largest absolute Gasteiger partial charge is 0.492 e. The fraction of sp³-hybridized carbons (Fsp3) is 0.531. The fourth-order valence-electron chi connectivity index (χ4n) is 4.73. The Morgan fingerprint density at radius 2 is 1.61 bits per heavy atom. The molecule has 2 aromatic rings. The molecule has 1 aliphatic heterocycles. The number of allylic oxidation sites excluding steroid dienone is 1. The van der Waals surface area contributed by atoms with Crippen LogP contribution in [-0.4, -0.2) is 23.3 Å². The van der Waals surface area contributed by atoms with Gasteiger partial charge in [0.05, 0.1) is 17.5 Å². The first kappa shape index (κ1) is 30.4. The summed E-state index contributed by atoms with van der Waals surface area (Å²) in [6.45, 7) is 5.76. The Morgan fingerprint density at radius 3 is 2.24 bits per heavy atom. The van der Waals surface area contributed by atoms with E-state index in [9.17, 15) is 4.79 Å². The zero-order chi connectivity index (χ0) is 27.0. The van der Waals surface area contributed by atoms with Crippen LogP contribution in [0.3, 0.4) is 0 Å². The number of unbranched alkanes of at least 4 members (excludes halogenated alkanes) is 11. The SMILES string of the molecule is CCCCCCCCCCCCCCOc1ccc(NC(=O)c2ccccc2CN2C=C(C)SC2)cc1Cl. The van der Waals surface area contributed by atoms with Crippen molar-refractivity contribution in [1.82, 2.24) is 4.90 Å². The van der Waals surface area contributed by atoms with Crippen LogP contribution >= 0.6 is 23.4 Å². The van der Waals surface area contributed by atoms with Crippen LogP contribution in [-0.2, 0) is 6.54 Å². The molecule has 1 aliphatic rings. The van der Waals surface area contributed by atoms with Gasteiger partial charge in [-0.3, -0.25) is 4.79 Å². The highest BCUT2D eigenvalue weighted by atomic mass is 35.5. The number of ether oxygens (including phenoxy) is 1. The lowest BCUT2D eigenvalue weighted by molar-refractivity contribution is 0.102. The number of carbonyl (C=O) groups is 1. The summed E-state index contributed by atoms with van der Waals surface area (Å²) in [4.78, 5) is 16.6. The molecule has 0 aromatic heterocycles. The molecule has 0 bridgehead atoms. The molecule has 6 heteroatoms. The van der Waals surface area contributed by atoms with E-state index in [4.69, 9.17) is 16.3 Å². The van der Waals surface area contributed by atoms with Crippen LogP contribution in [0.2, 0.25) is 5.02 Å². The van der Waals surface area contributed by atoms with E-state index in [0.717, 1.165) is 17.9 Å². The Labute approximate surface area is 239 Å². The summed E-state index contributed by atoms with van der Waals surface area (Å²) in [5.41, 5.74) is 2.35. The number of nitrogens with zero attached hydrogens (tertiary/aromatic N) is 1. The van der Waals surface area contributed by atoms with Gasteiger partial charge < -0.3 is 15.0 Å². The topological polar surface area (TPSA) is 41.6 Å². The van der Waals surface area contributed by atoms with Gasteiger partial charge in [0.1, 0.15) is 5.75 Å². The first-order valence-corrected chi connectivity index (χ1v) is 15.8. The van der Waals surface area contributed by atoms with E-state index in [-0.39, 0.29) is 5.91 Å². The first-order valence-electron chi connectivity index (χ1n) is 14.4. The molecule has 38 heavy (non-hydrogen) atoms. The third-order valence-corrected chi connectivity index (χ3v) is 8.22. The molecule has 0 radical (unpaired) electrons. The molecule has 0 fully saturated rings. The maximum absolute atomic E-state index is 13.1. The lowest BCUT2D eigenvalue weighted by Crippen LogP contribution is -2.18. The van der Waals surface area contributed by atoms with E-state index in [1.807, 2.05) is 48.2 Å². The molecule has 0 unspecified atom stereocenters. The Kier molecular flexibility index (Phi) is 14.0. The number of anilines is 1. The van der Waals surface area contributed by atoms with Crippen LogP contribution in [0.15, 0.2) is 53.6 Å². The van der Waals surface area contributed by atoms with Crippen LogP contribution in [0.4, 0.5) is 5.69 Å². The zero-order valence-electron chi connectivity index (χ0n) is 23.3. The minimum atomic E-state index is -0.130. The van der Waals surface area contributed by atoms with Crippen LogP contribution < -0.4 is 10.1 Å². The number of carbonyl (C=O) groups excluding carboxylic acids is 1. The molecular weight excluding hydrogens is 512 g/mol. The van der Waals surface area contributed by atoms with Gasteiger partial charge in [0.2, 0.25) is 0 Å². The van der Waals surface area contributed by atoms with Crippen LogP contribution in [0, 0.1) is 0 Å². The second-order valence-corrected chi connectivity index (χ2v) is 11.9. The highest BCUT2D eigenvalue weighted by Gasteiger charge is 2.16. The van der Waals surface area contributed by atoms with Crippen molar-refractivity contribution in [3.8, 4) is 5.75 Å². The Hall–Kier alpha value is -2.11. The maximum Gasteiger partial charge on any atom is 0.256 e. The standard InChI is InChI=1S/C32H45ClN2O2S/c1-3-4-5-6-7-8-9-10-11-12-13-16-21-37-31-20-19-28(22-30(31)33)34-32(36)29-18-15-14-17-27(29)24-35-23-26(2)38-25-35/h14-15,17-20,22-23H,3-13,16,21,24-25H2,1-2H3,(H,34,36). The van der Waals surface area contributed by atoms with Crippen molar-refractivity contribution < 1.29 is 9.53 Å². The van der Waals surface area contributed by atoms with Gasteiger partial charge in [-0.15, -0.1) is 11.8 Å². The highest BCUT2D eigenvalue weighted by molar-refractivity contribution is 8.03. The number of amides is 1. The van der Waals surface area contributed by atoms with Crippen molar-refractivity contribution in [1.29, 1.82) is 0 Å². The molecule has 3 rings (SSSR count). The molecule has 4 nitrogen and oxygen atoms in total. The van der Waals surface area contributed by atoms with E-state index in [0.29, 0.717) is 35.2 Å². The molecule has 1 N–H and O–H groups in total. The third-order valence-electron chi connectivity index (χ3n) is 6.90. The number of thioether (sulfide) groups is 1. The lowest BCUT2D eigenvalue weighted by atomic mass is 10.1. The number of benzene rings is 2. The molecule has 1 heterocycles. The summed E-state index contributed by atoms with van der Waals surface area (Å²) in [5.74, 6) is 1.45. The van der Waals surface area contributed by atoms with E-state index < -0.39 is 0 Å². The monoisotopic (exact) mass is 556 g/mol. The quantitative estimate of drug-likeness (QED) is 0.185. The van der Waals surface area contributed by atoms with E-state index in [2.05, 4.69) is 30.3 Å². The normalized spacial score (nSPS) is 13.0. The summed E-state index contributed by atoms with van der Waals surface area (Å²) in [6.07, 6.45) is 18.0. The molecule has 0 spiro atoms. The Morgan fingerprint density at radius 1 is 0.947 bits per heavy atom. The molecule has 0 saturated heterocycles. The van der Waals surface area contributed by atoms with Gasteiger partial charge in [-0.1, -0.05) is 107 Å². The maximum atomic E-state index is 13.1. The lowest BCUT2D eigenvalue weighted by Gasteiger charge is -2.17. The molecule has 1 amide bonds. The average molecular weight is 557 g/mol. The van der Waals surface area contributed by atoms with Crippen molar-refractivity contribution in [3.63, 3.8) is 0 Å². The van der Waals surface area contributed by atoms with Gasteiger partial charge in [-0.25, -0.2) is 0 Å². The number of hydrogen-bond donors (Lipinski definition) is 1. The van der Waals surface area contributed by atoms with Crippen LogP contribution in [0.1, 0.15) is 107 Å². The molecule has 0 saturated carbocycles. The number of halogens is 1. The van der Waals surface area contributed by atoms with Crippen molar-refractivity contribution in [3.05, 3.63) is 69.7 Å². The second-order valence-electron chi connectivity index (χ2n) is 10.3.